The van der Waals surface area contributed by atoms with Gasteiger partial charge in [0.2, 0.25) is 0 Å². The van der Waals surface area contributed by atoms with Crippen LogP contribution in [0.15, 0.2) is 12.2 Å². The van der Waals surface area contributed by atoms with E-state index in [9.17, 15) is 4.79 Å². The maximum absolute atomic E-state index is 11.5. The van der Waals surface area contributed by atoms with E-state index in [-0.39, 0.29) is 5.78 Å². The van der Waals surface area contributed by atoms with Crippen LogP contribution < -0.4 is 0 Å². The maximum atomic E-state index is 11.5. The highest BCUT2D eigenvalue weighted by atomic mass is 16.1. The van der Waals surface area contributed by atoms with Crippen molar-refractivity contribution in [2.45, 2.75) is 26.8 Å². The predicted octanol–water partition coefficient (Wildman–Crippen LogP) is 1.34. The molecule has 0 aliphatic heterocycles. The minimum Gasteiger partial charge on any atom is -0.304 e. The Labute approximate surface area is 119 Å². The van der Waals surface area contributed by atoms with E-state index in [4.69, 9.17) is 0 Å². The number of carbonyl (C=O) groups excluding carboxylic acids is 1. The first-order valence-corrected chi connectivity index (χ1v) is 7.00. The number of ketones is 1. The Balaban J connectivity index is 3.81. The first-order valence-electron chi connectivity index (χ1n) is 7.00. The Morgan fingerprint density at radius 1 is 1.00 bits per heavy atom. The molecular formula is C15H31N3O. The summed E-state index contributed by atoms with van der Waals surface area (Å²) in [6.07, 6.45) is 0. The number of hydrogen-bond acceptors (Lipinski definition) is 4. The summed E-state index contributed by atoms with van der Waals surface area (Å²) < 4.78 is 0. The first kappa shape index (κ1) is 18.3. The predicted molar refractivity (Wildman–Crippen MR) is 82.6 cm³/mol. The molecule has 0 rings (SSSR count). The zero-order valence-corrected chi connectivity index (χ0v) is 13.6. The Morgan fingerprint density at radius 3 is 1.95 bits per heavy atom. The van der Waals surface area contributed by atoms with Crippen molar-refractivity contribution in [2.24, 2.45) is 0 Å². The molecule has 0 aliphatic rings. The number of likely N-dealkylation sites (N-methyl/N-ethyl adjacent to an activating group) is 3. The van der Waals surface area contributed by atoms with Gasteiger partial charge >= 0.3 is 0 Å². The molecule has 19 heavy (non-hydrogen) atoms. The fraction of sp³-hybridized carbons (Fsp3) is 0.800. The van der Waals surface area contributed by atoms with Gasteiger partial charge in [-0.05, 0) is 47.5 Å². The molecule has 0 atom stereocenters. The number of nitrogens with zero attached hydrogens (tertiary/aromatic N) is 3. The Morgan fingerprint density at radius 2 is 1.47 bits per heavy atom. The molecule has 0 aromatic carbocycles. The van der Waals surface area contributed by atoms with Crippen molar-refractivity contribution < 1.29 is 4.79 Å². The summed E-state index contributed by atoms with van der Waals surface area (Å²) in [6.45, 7) is 14.3. The molecule has 4 nitrogen and oxygen atoms in total. The Hall–Kier alpha value is -0.710. The summed E-state index contributed by atoms with van der Waals surface area (Å²) in [5.41, 5.74) is 0.638. The molecular weight excluding hydrogens is 238 g/mol. The minimum absolute atomic E-state index is 0.129. The van der Waals surface area contributed by atoms with Crippen LogP contribution in [0.3, 0.4) is 0 Å². The molecule has 0 aromatic rings. The van der Waals surface area contributed by atoms with E-state index in [2.05, 4.69) is 49.2 Å². The molecule has 0 saturated carbocycles. The lowest BCUT2D eigenvalue weighted by atomic mass is 10.2. The van der Waals surface area contributed by atoms with Crippen LogP contribution >= 0.6 is 0 Å². The van der Waals surface area contributed by atoms with Gasteiger partial charge in [-0.25, -0.2) is 0 Å². The fourth-order valence-electron chi connectivity index (χ4n) is 1.50. The quantitative estimate of drug-likeness (QED) is 0.559. The van der Waals surface area contributed by atoms with E-state index in [1.54, 1.807) is 6.92 Å². The molecule has 0 spiro atoms. The second-order valence-electron chi connectivity index (χ2n) is 5.82. The standard InChI is InChI=1S/C15H31N3O/c1-13(2)15(19)12-17(6)9-8-16(5)10-11-18(7)14(3)4/h14H,1,8-12H2,2-7H3. The van der Waals surface area contributed by atoms with Gasteiger partial charge in [-0.3, -0.25) is 9.69 Å². The maximum Gasteiger partial charge on any atom is 0.171 e. The monoisotopic (exact) mass is 269 g/mol. The van der Waals surface area contributed by atoms with Crippen molar-refractivity contribution in [1.82, 2.24) is 14.7 Å². The molecule has 0 heterocycles. The number of Topliss-reactive ketones (excluding diaryl/α,β-unsaturated/α-hetero) is 1. The van der Waals surface area contributed by atoms with Crippen molar-refractivity contribution >= 4 is 5.78 Å². The molecule has 0 aromatic heterocycles. The molecule has 0 N–H and O–H groups in total. The highest BCUT2D eigenvalue weighted by Crippen LogP contribution is 1.96. The molecule has 0 radical (unpaired) electrons. The smallest absolute Gasteiger partial charge is 0.171 e. The highest BCUT2D eigenvalue weighted by molar-refractivity contribution is 5.95. The molecule has 0 amide bonds. The normalized spacial score (nSPS) is 11.9. The topological polar surface area (TPSA) is 26.8 Å². The third kappa shape index (κ3) is 8.92. The number of hydrogen-bond donors (Lipinski definition) is 0. The van der Waals surface area contributed by atoms with E-state index < -0.39 is 0 Å². The Kier molecular flexibility index (Phi) is 8.89. The highest BCUT2D eigenvalue weighted by Gasteiger charge is 2.09. The molecule has 4 heteroatoms. The SMILES string of the molecule is C=C(C)C(=O)CN(C)CCN(C)CCN(C)C(C)C. The summed E-state index contributed by atoms with van der Waals surface area (Å²) in [4.78, 5) is 18.2. The van der Waals surface area contributed by atoms with E-state index in [0.29, 0.717) is 18.2 Å². The van der Waals surface area contributed by atoms with Crippen LogP contribution in [0, 0.1) is 0 Å². The van der Waals surface area contributed by atoms with E-state index in [0.717, 1.165) is 26.2 Å². The van der Waals surface area contributed by atoms with Gasteiger partial charge in [-0.15, -0.1) is 0 Å². The van der Waals surface area contributed by atoms with Gasteiger partial charge in [0.15, 0.2) is 5.78 Å². The van der Waals surface area contributed by atoms with Gasteiger partial charge in [-0.1, -0.05) is 6.58 Å². The fourth-order valence-corrected chi connectivity index (χ4v) is 1.50. The van der Waals surface area contributed by atoms with Gasteiger partial charge in [0.25, 0.3) is 0 Å². The first-order chi connectivity index (χ1) is 8.73. The van der Waals surface area contributed by atoms with Crippen LogP contribution in [0.25, 0.3) is 0 Å². The zero-order chi connectivity index (χ0) is 15.0. The van der Waals surface area contributed by atoms with Crippen molar-refractivity contribution in [2.75, 3.05) is 53.9 Å². The van der Waals surface area contributed by atoms with Crippen LogP contribution in [-0.2, 0) is 4.79 Å². The van der Waals surface area contributed by atoms with Crippen molar-refractivity contribution in [3.8, 4) is 0 Å². The summed E-state index contributed by atoms with van der Waals surface area (Å²) in [5.74, 6) is 0.129. The van der Waals surface area contributed by atoms with Crippen molar-refractivity contribution in [3.63, 3.8) is 0 Å². The van der Waals surface area contributed by atoms with E-state index in [1.165, 1.54) is 0 Å². The summed E-state index contributed by atoms with van der Waals surface area (Å²) in [7, 11) is 6.26. The molecule has 0 fully saturated rings. The summed E-state index contributed by atoms with van der Waals surface area (Å²) >= 11 is 0. The Bertz CT molecular complexity index is 289. The van der Waals surface area contributed by atoms with Crippen molar-refractivity contribution in [3.05, 3.63) is 12.2 Å². The number of rotatable bonds is 10. The summed E-state index contributed by atoms with van der Waals surface area (Å²) in [6, 6.07) is 0.587. The molecule has 0 saturated heterocycles. The van der Waals surface area contributed by atoms with Gasteiger partial charge in [-0.2, -0.15) is 0 Å². The lowest BCUT2D eigenvalue weighted by Crippen LogP contribution is -2.38. The van der Waals surface area contributed by atoms with E-state index in [1.807, 2.05) is 7.05 Å². The molecule has 0 aliphatic carbocycles. The second-order valence-corrected chi connectivity index (χ2v) is 5.82. The van der Waals surface area contributed by atoms with Crippen LogP contribution in [0.2, 0.25) is 0 Å². The lowest BCUT2D eigenvalue weighted by Gasteiger charge is -2.26. The summed E-state index contributed by atoms with van der Waals surface area (Å²) in [5, 5.41) is 0. The van der Waals surface area contributed by atoms with Crippen LogP contribution in [-0.4, -0.2) is 80.4 Å². The van der Waals surface area contributed by atoms with Gasteiger partial charge in [0.1, 0.15) is 0 Å². The molecule has 0 unspecified atom stereocenters. The van der Waals surface area contributed by atoms with Crippen LogP contribution in [0.1, 0.15) is 20.8 Å². The lowest BCUT2D eigenvalue weighted by molar-refractivity contribution is -0.116. The van der Waals surface area contributed by atoms with Crippen LogP contribution in [0.4, 0.5) is 0 Å². The number of carbonyl (C=O) groups is 1. The average Bonchev–Trinajstić information content (AvgIpc) is 2.32. The largest absolute Gasteiger partial charge is 0.304 e. The van der Waals surface area contributed by atoms with Gasteiger partial charge in [0, 0.05) is 32.2 Å². The van der Waals surface area contributed by atoms with Crippen LogP contribution in [0.5, 0.6) is 0 Å². The zero-order valence-electron chi connectivity index (χ0n) is 13.6. The van der Waals surface area contributed by atoms with Gasteiger partial charge < -0.3 is 9.80 Å². The molecule has 0 bridgehead atoms. The molecule has 112 valence electrons. The average molecular weight is 269 g/mol. The third-order valence-corrected chi connectivity index (χ3v) is 3.47. The second kappa shape index (κ2) is 9.23. The van der Waals surface area contributed by atoms with Crippen molar-refractivity contribution in [1.29, 1.82) is 0 Å². The third-order valence-electron chi connectivity index (χ3n) is 3.47. The van der Waals surface area contributed by atoms with Gasteiger partial charge in [0.05, 0.1) is 6.54 Å². The minimum atomic E-state index is 0.129. The van der Waals surface area contributed by atoms with E-state index >= 15 is 0 Å².